The molecule has 1 unspecified atom stereocenters. The molecular weight excluding hydrogens is 402 g/mol. The predicted molar refractivity (Wildman–Crippen MR) is 101 cm³/mol. The van der Waals surface area contributed by atoms with E-state index in [9.17, 15) is 16.8 Å². The van der Waals surface area contributed by atoms with Crippen LogP contribution in [0.25, 0.3) is 0 Å². The number of nitrogens with one attached hydrogen (secondary N) is 1. The van der Waals surface area contributed by atoms with Gasteiger partial charge in [-0.3, -0.25) is 0 Å². The lowest BCUT2D eigenvalue weighted by atomic mass is 10.2. The zero-order valence-electron chi connectivity index (χ0n) is 14.8. The average molecular weight is 428 g/mol. The Kier molecular flexibility index (Phi) is 8.46. The summed E-state index contributed by atoms with van der Waals surface area (Å²) in [5.74, 6) is 0. The fourth-order valence-corrected chi connectivity index (χ4v) is 5.26. The summed E-state index contributed by atoms with van der Waals surface area (Å²) in [6.07, 6.45) is 0.490. The number of morpholine rings is 1. The van der Waals surface area contributed by atoms with Gasteiger partial charge in [-0.1, -0.05) is 6.07 Å². The van der Waals surface area contributed by atoms with Crippen LogP contribution in [0.2, 0.25) is 0 Å². The Hall–Kier alpha value is -0.750. The summed E-state index contributed by atoms with van der Waals surface area (Å²) >= 11 is 0. The molecule has 26 heavy (non-hydrogen) atoms. The molecule has 0 saturated carbocycles. The van der Waals surface area contributed by atoms with E-state index in [4.69, 9.17) is 10.5 Å². The number of rotatable bonds is 7. The Bertz CT molecular complexity index is 807. The van der Waals surface area contributed by atoms with Gasteiger partial charge in [0.2, 0.25) is 20.0 Å². The minimum atomic E-state index is -3.80. The molecule has 0 bridgehead atoms. The van der Waals surface area contributed by atoms with Gasteiger partial charge in [0, 0.05) is 25.7 Å². The minimum Gasteiger partial charge on any atom is -0.379 e. The Labute approximate surface area is 161 Å². The summed E-state index contributed by atoms with van der Waals surface area (Å²) in [7, 11) is -7.57. The Morgan fingerprint density at radius 3 is 2.42 bits per heavy atom. The fourth-order valence-electron chi connectivity index (χ4n) is 2.46. The lowest BCUT2D eigenvalue weighted by Crippen LogP contribution is -2.41. The maximum Gasteiger partial charge on any atom is 0.243 e. The molecule has 3 N–H and O–H groups in total. The van der Waals surface area contributed by atoms with E-state index >= 15 is 0 Å². The van der Waals surface area contributed by atoms with E-state index in [1.807, 2.05) is 0 Å². The van der Waals surface area contributed by atoms with Crippen LogP contribution in [0, 0.1) is 6.92 Å². The molecule has 0 aromatic heterocycles. The molecule has 1 aromatic rings. The third-order valence-electron chi connectivity index (χ3n) is 3.95. The van der Waals surface area contributed by atoms with Crippen LogP contribution in [0.5, 0.6) is 0 Å². The number of halogens is 1. The first-order valence-electron chi connectivity index (χ1n) is 8.08. The first-order chi connectivity index (χ1) is 11.6. The summed E-state index contributed by atoms with van der Waals surface area (Å²) in [4.78, 5) is -0.0703. The monoisotopic (exact) mass is 427 g/mol. The van der Waals surface area contributed by atoms with Crippen molar-refractivity contribution in [1.29, 1.82) is 0 Å². The van der Waals surface area contributed by atoms with Crippen LogP contribution >= 0.6 is 12.4 Å². The van der Waals surface area contributed by atoms with Crippen LogP contribution in [0.4, 0.5) is 0 Å². The van der Waals surface area contributed by atoms with Gasteiger partial charge in [0.15, 0.2) is 0 Å². The normalized spacial score (nSPS) is 17.5. The molecule has 0 spiro atoms. The van der Waals surface area contributed by atoms with Crippen molar-refractivity contribution < 1.29 is 21.6 Å². The first kappa shape index (κ1) is 23.3. The predicted octanol–water partition coefficient (Wildman–Crippen LogP) is 0.453. The number of ether oxygens (including phenoxy) is 1. The summed E-state index contributed by atoms with van der Waals surface area (Å²) in [5, 5.41) is 0. The van der Waals surface area contributed by atoms with Crippen molar-refractivity contribution in [2.75, 3.05) is 32.8 Å². The SMILES string of the molecule is Cc1ccc(S(=O)(=O)NCCC(C)N)cc1S(=O)(=O)N1CCOCC1.Cl. The van der Waals surface area contributed by atoms with Crippen molar-refractivity contribution in [3.63, 3.8) is 0 Å². The summed E-state index contributed by atoms with van der Waals surface area (Å²) in [6.45, 7) is 4.79. The summed E-state index contributed by atoms with van der Waals surface area (Å²) < 4.78 is 59.4. The molecule has 0 radical (unpaired) electrons. The van der Waals surface area contributed by atoms with Gasteiger partial charge >= 0.3 is 0 Å². The Morgan fingerprint density at radius 1 is 1.23 bits per heavy atom. The van der Waals surface area contributed by atoms with Crippen LogP contribution in [-0.4, -0.2) is 60.0 Å². The molecule has 8 nitrogen and oxygen atoms in total. The van der Waals surface area contributed by atoms with E-state index < -0.39 is 20.0 Å². The molecule has 1 heterocycles. The topological polar surface area (TPSA) is 119 Å². The van der Waals surface area contributed by atoms with E-state index in [2.05, 4.69) is 4.72 Å². The highest BCUT2D eigenvalue weighted by Crippen LogP contribution is 2.24. The largest absolute Gasteiger partial charge is 0.379 e. The number of nitrogens with two attached hydrogens (primary N) is 1. The number of nitrogens with zero attached hydrogens (tertiary/aromatic N) is 1. The molecule has 1 aliphatic heterocycles. The highest BCUT2D eigenvalue weighted by molar-refractivity contribution is 7.90. The number of aryl methyl sites for hydroxylation is 1. The van der Waals surface area contributed by atoms with E-state index in [0.29, 0.717) is 25.2 Å². The van der Waals surface area contributed by atoms with Gasteiger partial charge < -0.3 is 10.5 Å². The number of hydrogen-bond acceptors (Lipinski definition) is 6. The summed E-state index contributed by atoms with van der Waals surface area (Å²) in [6, 6.07) is 4.00. The molecule has 0 amide bonds. The molecule has 1 fully saturated rings. The third kappa shape index (κ3) is 5.62. The molecule has 0 aliphatic carbocycles. The van der Waals surface area contributed by atoms with Crippen molar-refractivity contribution in [3.8, 4) is 0 Å². The smallest absolute Gasteiger partial charge is 0.243 e. The van der Waals surface area contributed by atoms with Crippen molar-refractivity contribution in [1.82, 2.24) is 9.03 Å². The fraction of sp³-hybridized carbons (Fsp3) is 0.600. The van der Waals surface area contributed by atoms with Crippen molar-refractivity contribution in [2.24, 2.45) is 5.73 Å². The number of sulfonamides is 2. The Balaban J connectivity index is 0.00000338. The molecule has 11 heteroatoms. The zero-order valence-corrected chi connectivity index (χ0v) is 17.3. The average Bonchev–Trinajstić information content (AvgIpc) is 2.55. The van der Waals surface area contributed by atoms with Crippen LogP contribution in [-0.2, 0) is 24.8 Å². The van der Waals surface area contributed by atoms with Crippen molar-refractivity contribution in [3.05, 3.63) is 23.8 Å². The quantitative estimate of drug-likeness (QED) is 0.652. The molecule has 1 aliphatic rings. The second kappa shape index (κ2) is 9.45. The van der Waals surface area contributed by atoms with Gasteiger partial charge in [0.05, 0.1) is 23.0 Å². The molecule has 2 rings (SSSR count). The van der Waals surface area contributed by atoms with Gasteiger partial charge in [-0.15, -0.1) is 12.4 Å². The molecule has 1 aromatic carbocycles. The van der Waals surface area contributed by atoms with E-state index in [1.54, 1.807) is 13.8 Å². The summed E-state index contributed by atoms with van der Waals surface area (Å²) in [5.41, 5.74) is 6.12. The number of hydrogen-bond donors (Lipinski definition) is 2. The maximum atomic E-state index is 12.8. The standard InChI is InChI=1S/C15H25N3O5S2.ClH/c1-12-3-4-14(24(19,20)17-6-5-13(2)16)11-15(12)25(21,22)18-7-9-23-10-8-18;/h3-4,11,13,17H,5-10,16H2,1-2H3;1H. The van der Waals surface area contributed by atoms with Crippen LogP contribution in [0.15, 0.2) is 28.0 Å². The number of benzene rings is 1. The lowest BCUT2D eigenvalue weighted by Gasteiger charge is -2.26. The highest BCUT2D eigenvalue weighted by Gasteiger charge is 2.29. The van der Waals surface area contributed by atoms with Crippen LogP contribution in [0.1, 0.15) is 18.9 Å². The lowest BCUT2D eigenvalue weighted by molar-refractivity contribution is 0.0730. The van der Waals surface area contributed by atoms with Crippen LogP contribution in [0.3, 0.4) is 0 Å². The van der Waals surface area contributed by atoms with Gasteiger partial charge in [-0.25, -0.2) is 21.6 Å². The zero-order chi connectivity index (χ0) is 18.7. The molecule has 1 atom stereocenters. The van der Waals surface area contributed by atoms with Gasteiger partial charge in [-0.2, -0.15) is 4.31 Å². The second-order valence-corrected chi connectivity index (χ2v) is 9.78. The van der Waals surface area contributed by atoms with Gasteiger partial charge in [0.25, 0.3) is 0 Å². The maximum absolute atomic E-state index is 12.8. The molecule has 150 valence electrons. The first-order valence-corrected chi connectivity index (χ1v) is 11.0. The third-order valence-corrected chi connectivity index (χ3v) is 7.45. The van der Waals surface area contributed by atoms with Gasteiger partial charge in [0.1, 0.15) is 0 Å². The molecule has 1 saturated heterocycles. The van der Waals surface area contributed by atoms with E-state index in [-0.39, 0.29) is 47.9 Å². The van der Waals surface area contributed by atoms with E-state index in [1.165, 1.54) is 22.5 Å². The van der Waals surface area contributed by atoms with E-state index in [0.717, 1.165) is 0 Å². The minimum absolute atomic E-state index is 0. The van der Waals surface area contributed by atoms with Crippen molar-refractivity contribution >= 4 is 32.5 Å². The second-order valence-electron chi connectivity index (χ2n) is 6.11. The molecular formula is C15H26ClN3O5S2. The highest BCUT2D eigenvalue weighted by atomic mass is 35.5. The Morgan fingerprint density at radius 2 is 1.85 bits per heavy atom. The van der Waals surface area contributed by atoms with Gasteiger partial charge in [-0.05, 0) is 38.0 Å². The van der Waals surface area contributed by atoms with Crippen LogP contribution < -0.4 is 10.5 Å². The van der Waals surface area contributed by atoms with Crippen molar-refractivity contribution in [2.45, 2.75) is 36.1 Å².